The van der Waals surface area contributed by atoms with Gasteiger partial charge in [-0.05, 0) is 11.1 Å². The SMILES string of the molecule is C#CCNCc1ccccc1CC(=O)O. The van der Waals surface area contributed by atoms with E-state index in [9.17, 15) is 4.79 Å². The van der Waals surface area contributed by atoms with E-state index in [0.29, 0.717) is 13.1 Å². The number of nitrogens with one attached hydrogen (secondary N) is 1. The average molecular weight is 203 g/mol. The molecule has 0 radical (unpaired) electrons. The van der Waals surface area contributed by atoms with Gasteiger partial charge in [0.1, 0.15) is 0 Å². The smallest absolute Gasteiger partial charge is 0.307 e. The number of carbonyl (C=O) groups is 1. The van der Waals surface area contributed by atoms with E-state index in [1.54, 1.807) is 0 Å². The Morgan fingerprint density at radius 2 is 2.07 bits per heavy atom. The van der Waals surface area contributed by atoms with E-state index in [2.05, 4.69) is 11.2 Å². The summed E-state index contributed by atoms with van der Waals surface area (Å²) in [6.07, 6.45) is 5.15. The molecule has 0 aliphatic heterocycles. The van der Waals surface area contributed by atoms with Crippen LogP contribution in [0.4, 0.5) is 0 Å². The van der Waals surface area contributed by atoms with Gasteiger partial charge in [0.05, 0.1) is 13.0 Å². The summed E-state index contributed by atoms with van der Waals surface area (Å²) >= 11 is 0. The molecule has 0 heterocycles. The first kappa shape index (κ1) is 11.3. The van der Waals surface area contributed by atoms with Crippen molar-refractivity contribution >= 4 is 5.97 Å². The Labute approximate surface area is 89.1 Å². The number of rotatable bonds is 5. The third kappa shape index (κ3) is 3.84. The number of carboxylic acid groups (broad SMARTS) is 1. The molecule has 0 aromatic heterocycles. The van der Waals surface area contributed by atoms with Crippen molar-refractivity contribution in [2.75, 3.05) is 6.54 Å². The number of hydrogen-bond acceptors (Lipinski definition) is 2. The van der Waals surface area contributed by atoms with E-state index in [4.69, 9.17) is 11.5 Å². The van der Waals surface area contributed by atoms with Crippen molar-refractivity contribution in [3.8, 4) is 12.3 Å². The van der Waals surface area contributed by atoms with Gasteiger partial charge < -0.3 is 10.4 Å². The maximum absolute atomic E-state index is 10.6. The molecule has 0 aliphatic carbocycles. The van der Waals surface area contributed by atoms with Crippen LogP contribution in [0.3, 0.4) is 0 Å². The van der Waals surface area contributed by atoms with Crippen molar-refractivity contribution in [1.29, 1.82) is 0 Å². The Hall–Kier alpha value is -1.79. The largest absolute Gasteiger partial charge is 0.481 e. The summed E-state index contributed by atoms with van der Waals surface area (Å²) in [5.74, 6) is 1.65. The predicted molar refractivity (Wildman–Crippen MR) is 58.3 cm³/mol. The van der Waals surface area contributed by atoms with E-state index in [1.165, 1.54) is 0 Å². The van der Waals surface area contributed by atoms with Gasteiger partial charge in [0.15, 0.2) is 0 Å². The minimum Gasteiger partial charge on any atom is -0.481 e. The van der Waals surface area contributed by atoms with Gasteiger partial charge in [0, 0.05) is 6.54 Å². The number of aliphatic carboxylic acids is 1. The van der Waals surface area contributed by atoms with Gasteiger partial charge >= 0.3 is 5.97 Å². The average Bonchev–Trinajstić information content (AvgIpc) is 2.20. The van der Waals surface area contributed by atoms with Crippen molar-refractivity contribution in [2.45, 2.75) is 13.0 Å². The predicted octanol–water partition coefficient (Wildman–Crippen LogP) is 1.04. The topological polar surface area (TPSA) is 49.3 Å². The van der Waals surface area contributed by atoms with Crippen molar-refractivity contribution in [2.24, 2.45) is 0 Å². The fourth-order valence-corrected chi connectivity index (χ4v) is 1.33. The van der Waals surface area contributed by atoms with Gasteiger partial charge in [0.2, 0.25) is 0 Å². The zero-order valence-corrected chi connectivity index (χ0v) is 8.36. The highest BCUT2D eigenvalue weighted by molar-refractivity contribution is 5.70. The Bertz CT molecular complexity index is 379. The van der Waals surface area contributed by atoms with E-state index in [-0.39, 0.29) is 6.42 Å². The van der Waals surface area contributed by atoms with Crippen LogP contribution in [-0.2, 0) is 17.8 Å². The fraction of sp³-hybridized carbons (Fsp3) is 0.250. The summed E-state index contributed by atoms with van der Waals surface area (Å²) in [6, 6.07) is 7.45. The third-order valence-electron chi connectivity index (χ3n) is 2.00. The van der Waals surface area contributed by atoms with Gasteiger partial charge in [-0.15, -0.1) is 6.42 Å². The second-order valence-corrected chi connectivity index (χ2v) is 3.15. The van der Waals surface area contributed by atoms with Crippen molar-refractivity contribution < 1.29 is 9.90 Å². The second kappa shape index (κ2) is 5.84. The maximum atomic E-state index is 10.6. The van der Waals surface area contributed by atoms with Crippen molar-refractivity contribution in [1.82, 2.24) is 5.32 Å². The summed E-state index contributed by atoms with van der Waals surface area (Å²) in [6.45, 7) is 1.09. The van der Waals surface area contributed by atoms with Crippen LogP contribution in [0.15, 0.2) is 24.3 Å². The molecule has 3 nitrogen and oxygen atoms in total. The first-order valence-corrected chi connectivity index (χ1v) is 4.67. The van der Waals surface area contributed by atoms with E-state index >= 15 is 0 Å². The molecule has 3 heteroatoms. The summed E-state index contributed by atoms with van der Waals surface area (Å²) in [4.78, 5) is 10.6. The van der Waals surface area contributed by atoms with Crippen LogP contribution in [0.2, 0.25) is 0 Å². The van der Waals surface area contributed by atoms with Crippen LogP contribution < -0.4 is 5.32 Å². The number of carboxylic acids is 1. The van der Waals surface area contributed by atoms with Gasteiger partial charge in [-0.1, -0.05) is 30.2 Å². The molecule has 0 saturated heterocycles. The molecule has 0 amide bonds. The summed E-state index contributed by atoms with van der Waals surface area (Å²) in [7, 11) is 0. The summed E-state index contributed by atoms with van der Waals surface area (Å²) in [5.41, 5.74) is 1.81. The number of benzene rings is 1. The van der Waals surface area contributed by atoms with E-state index in [0.717, 1.165) is 11.1 Å². The minimum atomic E-state index is -0.820. The molecule has 15 heavy (non-hydrogen) atoms. The molecule has 0 fully saturated rings. The fourth-order valence-electron chi connectivity index (χ4n) is 1.33. The molecule has 0 bridgehead atoms. The molecule has 1 aromatic carbocycles. The lowest BCUT2D eigenvalue weighted by atomic mass is 10.0. The van der Waals surface area contributed by atoms with E-state index in [1.807, 2.05) is 24.3 Å². The normalized spacial score (nSPS) is 9.53. The molecule has 2 N–H and O–H groups in total. The standard InChI is InChI=1S/C12H13NO2/c1-2-7-13-9-11-6-4-3-5-10(11)8-12(14)15/h1,3-6,13H,7-9H2,(H,14,15). The first-order valence-electron chi connectivity index (χ1n) is 4.67. The molecular formula is C12H13NO2. The second-order valence-electron chi connectivity index (χ2n) is 3.15. The van der Waals surface area contributed by atoms with Crippen molar-refractivity contribution in [3.63, 3.8) is 0 Å². The van der Waals surface area contributed by atoms with Crippen LogP contribution in [-0.4, -0.2) is 17.6 Å². The first-order chi connectivity index (χ1) is 7.24. The Kier molecular flexibility index (Phi) is 4.39. The summed E-state index contributed by atoms with van der Waals surface area (Å²) in [5, 5.41) is 11.7. The van der Waals surface area contributed by atoms with Gasteiger partial charge in [0.25, 0.3) is 0 Å². The molecule has 78 valence electrons. The molecular weight excluding hydrogens is 190 g/mol. The molecule has 0 spiro atoms. The number of terminal acetylenes is 1. The van der Waals surface area contributed by atoms with Crippen LogP contribution in [0.25, 0.3) is 0 Å². The van der Waals surface area contributed by atoms with Gasteiger partial charge in [-0.3, -0.25) is 4.79 Å². The minimum absolute atomic E-state index is 0.0495. The lowest BCUT2D eigenvalue weighted by Crippen LogP contribution is -2.15. The molecule has 0 atom stereocenters. The highest BCUT2D eigenvalue weighted by Gasteiger charge is 2.05. The quantitative estimate of drug-likeness (QED) is 0.555. The Morgan fingerprint density at radius 1 is 1.40 bits per heavy atom. The van der Waals surface area contributed by atoms with Gasteiger partial charge in [-0.25, -0.2) is 0 Å². The van der Waals surface area contributed by atoms with Gasteiger partial charge in [-0.2, -0.15) is 0 Å². The zero-order valence-electron chi connectivity index (χ0n) is 8.36. The maximum Gasteiger partial charge on any atom is 0.307 e. The highest BCUT2D eigenvalue weighted by Crippen LogP contribution is 2.09. The molecule has 0 unspecified atom stereocenters. The van der Waals surface area contributed by atoms with Crippen molar-refractivity contribution in [3.05, 3.63) is 35.4 Å². The van der Waals surface area contributed by atoms with Crippen LogP contribution in [0.5, 0.6) is 0 Å². The monoisotopic (exact) mass is 203 g/mol. The molecule has 0 aliphatic rings. The Morgan fingerprint density at radius 3 is 2.67 bits per heavy atom. The molecule has 1 aromatic rings. The molecule has 0 saturated carbocycles. The summed E-state index contributed by atoms with van der Waals surface area (Å²) < 4.78 is 0. The zero-order chi connectivity index (χ0) is 11.1. The van der Waals surface area contributed by atoms with Crippen LogP contribution >= 0.6 is 0 Å². The van der Waals surface area contributed by atoms with Crippen LogP contribution in [0.1, 0.15) is 11.1 Å². The molecule has 1 rings (SSSR count). The number of hydrogen-bond donors (Lipinski definition) is 2. The lowest BCUT2D eigenvalue weighted by Gasteiger charge is -2.07. The third-order valence-corrected chi connectivity index (χ3v) is 2.00. The van der Waals surface area contributed by atoms with E-state index < -0.39 is 5.97 Å². The lowest BCUT2D eigenvalue weighted by molar-refractivity contribution is -0.136. The van der Waals surface area contributed by atoms with Crippen LogP contribution in [0, 0.1) is 12.3 Å². The highest BCUT2D eigenvalue weighted by atomic mass is 16.4. The Balaban J connectivity index is 2.69.